The average Bonchev–Trinajstić information content (AvgIpc) is 3.02. The molecule has 44 heavy (non-hydrogen) atoms. The van der Waals surface area contributed by atoms with E-state index in [1.54, 1.807) is 0 Å². The van der Waals surface area contributed by atoms with Crippen LogP contribution in [0.1, 0.15) is 194 Å². The Hall–Kier alpha value is -0.850. The SMILES string of the molecule is CCCCCCCC/C=C\CCCCCCCC(=O)OCC(CI)OC(=O)CCCCCCC/C=C\CCCCCCCC. The number of ether oxygens (including phenoxy) is 2. The van der Waals surface area contributed by atoms with Gasteiger partial charge in [-0.25, -0.2) is 0 Å². The molecule has 0 saturated heterocycles. The van der Waals surface area contributed by atoms with Crippen LogP contribution in [0.15, 0.2) is 24.3 Å². The Labute approximate surface area is 287 Å². The first-order chi connectivity index (χ1) is 21.6. The molecule has 4 nitrogen and oxygen atoms in total. The first-order valence-electron chi connectivity index (χ1n) is 18.8. The number of unbranched alkanes of at least 4 members (excludes halogenated alkanes) is 22. The van der Waals surface area contributed by atoms with Crippen LogP contribution in [-0.4, -0.2) is 29.1 Å². The zero-order chi connectivity index (χ0) is 32.2. The lowest BCUT2D eigenvalue weighted by Crippen LogP contribution is -2.26. The predicted octanol–water partition coefficient (Wildman–Crippen LogP) is 13.0. The van der Waals surface area contributed by atoms with Crippen LogP contribution in [0.25, 0.3) is 0 Å². The molecule has 0 N–H and O–H groups in total. The minimum Gasteiger partial charge on any atom is -0.462 e. The highest BCUT2D eigenvalue weighted by Crippen LogP contribution is 2.13. The number of rotatable bonds is 34. The normalized spacial score (nSPS) is 12.3. The first-order valence-corrected chi connectivity index (χ1v) is 20.4. The molecule has 0 aromatic carbocycles. The van der Waals surface area contributed by atoms with E-state index in [2.05, 4.69) is 60.7 Å². The maximum absolute atomic E-state index is 12.2. The van der Waals surface area contributed by atoms with Crippen molar-refractivity contribution in [3.63, 3.8) is 0 Å². The molecule has 0 aromatic rings. The molecule has 0 aliphatic heterocycles. The summed E-state index contributed by atoms with van der Waals surface area (Å²) in [7, 11) is 0. The summed E-state index contributed by atoms with van der Waals surface area (Å²) in [5.41, 5.74) is 0. The van der Waals surface area contributed by atoms with Crippen molar-refractivity contribution in [2.45, 2.75) is 200 Å². The van der Waals surface area contributed by atoms with Crippen LogP contribution in [0.5, 0.6) is 0 Å². The largest absolute Gasteiger partial charge is 0.462 e. The molecule has 1 atom stereocenters. The highest BCUT2D eigenvalue weighted by Gasteiger charge is 2.15. The van der Waals surface area contributed by atoms with Crippen LogP contribution < -0.4 is 0 Å². The van der Waals surface area contributed by atoms with Crippen LogP contribution in [0.2, 0.25) is 0 Å². The lowest BCUT2D eigenvalue weighted by Gasteiger charge is -2.15. The number of hydrogen-bond acceptors (Lipinski definition) is 4. The third-order valence-electron chi connectivity index (χ3n) is 8.19. The van der Waals surface area contributed by atoms with E-state index in [1.807, 2.05) is 0 Å². The molecule has 0 heterocycles. The summed E-state index contributed by atoms with van der Waals surface area (Å²) < 4.78 is 11.6. The van der Waals surface area contributed by atoms with Crippen molar-refractivity contribution in [1.82, 2.24) is 0 Å². The van der Waals surface area contributed by atoms with Gasteiger partial charge < -0.3 is 9.47 Å². The van der Waals surface area contributed by atoms with Crippen LogP contribution in [0.4, 0.5) is 0 Å². The second-order valence-corrected chi connectivity index (χ2v) is 13.5. The lowest BCUT2D eigenvalue weighted by molar-refractivity contribution is -0.157. The summed E-state index contributed by atoms with van der Waals surface area (Å²) >= 11 is 2.20. The first kappa shape index (κ1) is 43.1. The van der Waals surface area contributed by atoms with Gasteiger partial charge in [0.15, 0.2) is 0 Å². The molecule has 5 heteroatoms. The molecule has 0 aliphatic rings. The topological polar surface area (TPSA) is 52.6 Å². The van der Waals surface area contributed by atoms with Gasteiger partial charge in [-0.1, -0.05) is 163 Å². The van der Waals surface area contributed by atoms with Crippen molar-refractivity contribution in [3.05, 3.63) is 24.3 Å². The van der Waals surface area contributed by atoms with Gasteiger partial charge in [-0.2, -0.15) is 0 Å². The zero-order valence-corrected chi connectivity index (χ0v) is 31.3. The maximum Gasteiger partial charge on any atom is 0.306 e. The Balaban J connectivity index is 3.58. The predicted molar refractivity (Wildman–Crippen MR) is 199 cm³/mol. The Kier molecular flexibility index (Phi) is 35.9. The zero-order valence-electron chi connectivity index (χ0n) is 29.1. The molecule has 0 amide bonds. The lowest BCUT2D eigenvalue weighted by atomic mass is 10.1. The molecular formula is C39H71IO4. The third-order valence-corrected chi connectivity index (χ3v) is 9.17. The van der Waals surface area contributed by atoms with Gasteiger partial charge in [0, 0.05) is 17.3 Å². The van der Waals surface area contributed by atoms with E-state index >= 15 is 0 Å². The molecular weight excluding hydrogens is 659 g/mol. The minimum absolute atomic E-state index is 0.169. The number of halogens is 1. The van der Waals surface area contributed by atoms with Crippen molar-refractivity contribution < 1.29 is 19.1 Å². The van der Waals surface area contributed by atoms with Crippen molar-refractivity contribution in [3.8, 4) is 0 Å². The maximum atomic E-state index is 12.2. The van der Waals surface area contributed by atoms with Crippen LogP contribution in [-0.2, 0) is 19.1 Å². The van der Waals surface area contributed by atoms with Gasteiger partial charge >= 0.3 is 11.9 Å². The number of carbonyl (C=O) groups excluding carboxylic acids is 2. The van der Waals surface area contributed by atoms with Crippen molar-refractivity contribution in [2.24, 2.45) is 0 Å². The van der Waals surface area contributed by atoms with Crippen molar-refractivity contribution in [1.29, 1.82) is 0 Å². The minimum atomic E-state index is -0.343. The molecule has 0 bridgehead atoms. The van der Waals surface area contributed by atoms with E-state index in [9.17, 15) is 9.59 Å². The molecule has 0 rings (SSSR count). The standard InChI is InChI=1S/C39H71IO4/c1-3-5-7-9-11-13-15-17-19-21-23-25-27-29-31-33-38(41)43-36-37(35-40)44-39(42)34-32-30-28-26-24-22-20-18-16-14-12-10-8-6-4-2/h17-20,37H,3-16,21-36H2,1-2H3/b19-17-,20-18-. The Bertz CT molecular complexity index is 675. The van der Waals surface area contributed by atoms with Gasteiger partial charge in [0.2, 0.25) is 0 Å². The summed E-state index contributed by atoms with van der Waals surface area (Å²) in [6.07, 6.45) is 42.2. The van der Waals surface area contributed by atoms with Crippen molar-refractivity contribution in [2.75, 3.05) is 11.0 Å². The highest BCUT2D eigenvalue weighted by atomic mass is 127. The number of esters is 2. The van der Waals surface area contributed by atoms with E-state index in [1.165, 1.54) is 141 Å². The Morgan fingerprint density at radius 2 is 0.841 bits per heavy atom. The average molecular weight is 731 g/mol. The fourth-order valence-electron chi connectivity index (χ4n) is 5.29. The number of hydrogen-bond donors (Lipinski definition) is 0. The highest BCUT2D eigenvalue weighted by molar-refractivity contribution is 14.1. The van der Waals surface area contributed by atoms with Gasteiger partial charge in [0.1, 0.15) is 12.7 Å². The van der Waals surface area contributed by atoms with E-state index < -0.39 is 0 Å². The van der Waals surface area contributed by atoms with Gasteiger partial charge in [-0.3, -0.25) is 9.59 Å². The number of carbonyl (C=O) groups is 2. The van der Waals surface area contributed by atoms with Gasteiger partial charge in [-0.05, 0) is 64.2 Å². The molecule has 0 saturated carbocycles. The molecule has 0 fully saturated rings. The third kappa shape index (κ3) is 34.0. The van der Waals surface area contributed by atoms with Crippen LogP contribution >= 0.6 is 22.6 Å². The molecule has 0 aromatic heterocycles. The Morgan fingerprint density at radius 3 is 1.23 bits per heavy atom. The summed E-state index contributed by atoms with van der Waals surface area (Å²) in [5, 5.41) is 0. The van der Waals surface area contributed by atoms with Crippen LogP contribution in [0, 0.1) is 0 Å². The summed E-state index contributed by atoms with van der Waals surface area (Å²) in [6.45, 7) is 4.70. The molecule has 0 aliphatic carbocycles. The van der Waals surface area contributed by atoms with E-state index in [4.69, 9.17) is 9.47 Å². The molecule has 0 spiro atoms. The quantitative estimate of drug-likeness (QED) is 0.0217. The summed E-state index contributed by atoms with van der Waals surface area (Å²) in [5.74, 6) is -0.344. The number of alkyl halides is 1. The monoisotopic (exact) mass is 730 g/mol. The fourth-order valence-corrected chi connectivity index (χ4v) is 5.73. The van der Waals surface area contributed by atoms with Crippen molar-refractivity contribution >= 4 is 34.5 Å². The van der Waals surface area contributed by atoms with Gasteiger partial charge in [0.25, 0.3) is 0 Å². The van der Waals surface area contributed by atoms with Gasteiger partial charge in [0.05, 0.1) is 0 Å². The van der Waals surface area contributed by atoms with Gasteiger partial charge in [-0.15, -0.1) is 0 Å². The fraction of sp³-hybridized carbons (Fsp3) is 0.846. The molecule has 258 valence electrons. The van der Waals surface area contributed by atoms with E-state index in [0.717, 1.165) is 25.7 Å². The second-order valence-electron chi connectivity index (χ2n) is 12.6. The van der Waals surface area contributed by atoms with E-state index in [0.29, 0.717) is 17.3 Å². The Morgan fingerprint density at radius 1 is 0.500 bits per heavy atom. The smallest absolute Gasteiger partial charge is 0.306 e. The van der Waals surface area contributed by atoms with Crippen LogP contribution in [0.3, 0.4) is 0 Å². The summed E-state index contributed by atoms with van der Waals surface area (Å²) in [4.78, 5) is 24.4. The summed E-state index contributed by atoms with van der Waals surface area (Å²) in [6, 6.07) is 0. The molecule has 0 radical (unpaired) electrons. The van der Waals surface area contributed by atoms with E-state index in [-0.39, 0.29) is 24.6 Å². The second kappa shape index (κ2) is 36.6. The molecule has 1 unspecified atom stereocenters. The number of allylic oxidation sites excluding steroid dienone is 4.